The molecule has 0 aliphatic rings. The molecule has 16 heavy (non-hydrogen) atoms. The molecule has 0 aromatic heterocycles. The van der Waals surface area contributed by atoms with E-state index >= 15 is 0 Å². The van der Waals surface area contributed by atoms with Crippen molar-refractivity contribution in [2.24, 2.45) is 5.84 Å². The Morgan fingerprint density at radius 1 is 1.38 bits per heavy atom. The first-order valence-corrected chi connectivity index (χ1v) is 5.55. The van der Waals surface area contributed by atoms with Crippen molar-refractivity contribution in [3.63, 3.8) is 0 Å². The van der Waals surface area contributed by atoms with Crippen molar-refractivity contribution in [1.82, 2.24) is 15.6 Å². The molecule has 0 saturated carbocycles. The fourth-order valence-electron chi connectivity index (χ4n) is 1.56. The first kappa shape index (κ1) is 14.9. The zero-order chi connectivity index (χ0) is 12.6. The van der Waals surface area contributed by atoms with Gasteiger partial charge in [-0.1, -0.05) is 20.3 Å². The lowest BCUT2D eigenvalue weighted by Crippen LogP contribution is -2.51. The zero-order valence-corrected chi connectivity index (χ0v) is 10.2. The van der Waals surface area contributed by atoms with Gasteiger partial charge in [-0.3, -0.25) is 19.9 Å². The smallest absolute Gasteiger partial charge is 0.251 e. The number of amides is 2. The molecule has 0 rings (SSSR count). The van der Waals surface area contributed by atoms with E-state index in [1.54, 1.807) is 7.05 Å². The Hall–Kier alpha value is -1.14. The molecule has 4 N–H and O–H groups in total. The minimum atomic E-state index is -0.336. The summed E-state index contributed by atoms with van der Waals surface area (Å²) in [6.45, 7) is 4.75. The number of nitrogens with zero attached hydrogens (tertiary/aromatic N) is 1. The topological polar surface area (TPSA) is 87.5 Å². The molecule has 0 heterocycles. The van der Waals surface area contributed by atoms with Crippen LogP contribution in [0.3, 0.4) is 0 Å². The van der Waals surface area contributed by atoms with E-state index in [1.807, 2.05) is 18.7 Å². The number of carbonyl (C=O) groups is 2. The summed E-state index contributed by atoms with van der Waals surface area (Å²) in [5.41, 5.74) is 2.14. The Balaban J connectivity index is 4.56. The highest BCUT2D eigenvalue weighted by Crippen LogP contribution is 2.06. The molecule has 1 unspecified atom stereocenters. The fraction of sp³-hybridized carbons (Fsp3) is 0.800. The van der Waals surface area contributed by atoms with Crippen molar-refractivity contribution in [3.8, 4) is 0 Å². The largest absolute Gasteiger partial charge is 0.358 e. The van der Waals surface area contributed by atoms with Crippen molar-refractivity contribution in [2.75, 3.05) is 20.1 Å². The van der Waals surface area contributed by atoms with Gasteiger partial charge in [0.05, 0.1) is 12.6 Å². The lowest BCUT2D eigenvalue weighted by Gasteiger charge is -2.28. The number of nitrogens with two attached hydrogens (primary N) is 1. The third-order valence-corrected chi connectivity index (χ3v) is 2.48. The van der Waals surface area contributed by atoms with E-state index in [4.69, 9.17) is 5.84 Å². The van der Waals surface area contributed by atoms with Crippen LogP contribution >= 0.6 is 0 Å². The molecule has 0 fully saturated rings. The van der Waals surface area contributed by atoms with Gasteiger partial charge in [0.1, 0.15) is 0 Å². The van der Waals surface area contributed by atoms with E-state index in [0.717, 1.165) is 6.42 Å². The minimum Gasteiger partial charge on any atom is -0.358 e. The SMILES string of the molecule is CCCC(C(=O)NN)N(CC)CC(=O)NC. The average molecular weight is 230 g/mol. The molecule has 0 aliphatic carbocycles. The molecule has 0 aliphatic heterocycles. The highest BCUT2D eigenvalue weighted by Gasteiger charge is 2.24. The summed E-state index contributed by atoms with van der Waals surface area (Å²) in [4.78, 5) is 24.7. The minimum absolute atomic E-state index is 0.104. The maximum atomic E-state index is 11.6. The Bertz CT molecular complexity index is 233. The summed E-state index contributed by atoms with van der Waals surface area (Å²) in [7, 11) is 1.58. The predicted octanol–water partition coefficient (Wildman–Crippen LogP) is -0.787. The van der Waals surface area contributed by atoms with Gasteiger partial charge in [0.15, 0.2) is 0 Å². The molecule has 94 valence electrons. The molecular weight excluding hydrogens is 208 g/mol. The van der Waals surface area contributed by atoms with Gasteiger partial charge in [-0.25, -0.2) is 5.84 Å². The van der Waals surface area contributed by atoms with Gasteiger partial charge in [-0.15, -0.1) is 0 Å². The quantitative estimate of drug-likeness (QED) is 0.304. The van der Waals surface area contributed by atoms with Gasteiger partial charge >= 0.3 is 0 Å². The summed E-state index contributed by atoms with van der Waals surface area (Å²) < 4.78 is 0. The number of nitrogens with one attached hydrogen (secondary N) is 2. The van der Waals surface area contributed by atoms with Crippen LogP contribution in [0.4, 0.5) is 0 Å². The second-order valence-corrected chi connectivity index (χ2v) is 3.55. The highest BCUT2D eigenvalue weighted by atomic mass is 16.2. The van der Waals surface area contributed by atoms with Gasteiger partial charge < -0.3 is 5.32 Å². The summed E-state index contributed by atoms with van der Waals surface area (Å²) in [5.74, 6) is 4.79. The van der Waals surface area contributed by atoms with Crippen molar-refractivity contribution < 1.29 is 9.59 Å². The Morgan fingerprint density at radius 3 is 2.38 bits per heavy atom. The molecule has 0 saturated heterocycles. The summed E-state index contributed by atoms with van der Waals surface area (Å²) in [6, 6.07) is -0.336. The first-order valence-electron chi connectivity index (χ1n) is 5.55. The van der Waals surface area contributed by atoms with Crippen molar-refractivity contribution in [2.45, 2.75) is 32.7 Å². The second-order valence-electron chi connectivity index (χ2n) is 3.55. The predicted molar refractivity (Wildman–Crippen MR) is 62.3 cm³/mol. The lowest BCUT2D eigenvalue weighted by atomic mass is 10.1. The third-order valence-electron chi connectivity index (χ3n) is 2.48. The van der Waals surface area contributed by atoms with Crippen LogP contribution in [0.15, 0.2) is 0 Å². The van der Waals surface area contributed by atoms with Crippen LogP contribution in [0.5, 0.6) is 0 Å². The molecule has 6 nitrogen and oxygen atoms in total. The molecule has 2 amide bonds. The fourth-order valence-corrected chi connectivity index (χ4v) is 1.56. The molecule has 1 atom stereocenters. The maximum Gasteiger partial charge on any atom is 0.251 e. The lowest BCUT2D eigenvalue weighted by molar-refractivity contribution is -0.129. The number of hydrazine groups is 1. The van der Waals surface area contributed by atoms with Gasteiger partial charge in [0.25, 0.3) is 5.91 Å². The summed E-state index contributed by atoms with van der Waals surface area (Å²) in [5, 5.41) is 2.54. The van der Waals surface area contributed by atoms with Crippen LogP contribution in [0, 0.1) is 0 Å². The van der Waals surface area contributed by atoms with E-state index in [9.17, 15) is 9.59 Å². The zero-order valence-electron chi connectivity index (χ0n) is 10.2. The molecule has 0 aromatic rings. The third kappa shape index (κ3) is 4.59. The van der Waals surface area contributed by atoms with Crippen molar-refractivity contribution in [1.29, 1.82) is 0 Å². The van der Waals surface area contributed by atoms with Crippen LogP contribution in [0.1, 0.15) is 26.7 Å². The van der Waals surface area contributed by atoms with E-state index < -0.39 is 0 Å². The average Bonchev–Trinajstić information content (AvgIpc) is 2.32. The van der Waals surface area contributed by atoms with E-state index in [1.165, 1.54) is 0 Å². The van der Waals surface area contributed by atoms with Gasteiger partial charge in [0, 0.05) is 7.05 Å². The Morgan fingerprint density at radius 2 is 2.00 bits per heavy atom. The van der Waals surface area contributed by atoms with Crippen LogP contribution < -0.4 is 16.6 Å². The molecule has 0 spiro atoms. The van der Waals surface area contributed by atoms with Crippen molar-refractivity contribution in [3.05, 3.63) is 0 Å². The van der Waals surface area contributed by atoms with E-state index in [-0.39, 0.29) is 24.4 Å². The highest BCUT2D eigenvalue weighted by molar-refractivity contribution is 5.83. The molecule has 0 aromatic carbocycles. The molecular formula is C10H22N4O2. The van der Waals surface area contributed by atoms with E-state index in [0.29, 0.717) is 13.0 Å². The van der Waals surface area contributed by atoms with Crippen molar-refractivity contribution >= 4 is 11.8 Å². The first-order chi connectivity index (χ1) is 7.60. The standard InChI is InChI=1S/C10H22N4O2/c1-4-6-8(10(16)13-11)14(5-2)7-9(15)12-3/h8H,4-7,11H2,1-3H3,(H,12,15)(H,13,16). The number of likely N-dealkylation sites (N-methyl/N-ethyl adjacent to an activating group) is 2. The molecule has 0 bridgehead atoms. The number of carbonyl (C=O) groups excluding carboxylic acids is 2. The van der Waals surface area contributed by atoms with Crippen LogP contribution in [0.2, 0.25) is 0 Å². The summed E-state index contributed by atoms with van der Waals surface area (Å²) in [6.07, 6.45) is 1.55. The number of rotatable bonds is 7. The Labute approximate surface area is 96.5 Å². The Kier molecular flexibility index (Phi) is 7.49. The number of hydrogen-bond donors (Lipinski definition) is 3. The van der Waals surface area contributed by atoms with Crippen LogP contribution in [0.25, 0.3) is 0 Å². The number of hydrogen-bond acceptors (Lipinski definition) is 4. The maximum absolute atomic E-state index is 11.6. The molecule has 0 radical (unpaired) electrons. The van der Waals surface area contributed by atoms with Gasteiger partial charge in [0.2, 0.25) is 5.91 Å². The van der Waals surface area contributed by atoms with Gasteiger partial charge in [-0.2, -0.15) is 0 Å². The van der Waals surface area contributed by atoms with Crippen LogP contribution in [-0.4, -0.2) is 42.9 Å². The normalized spacial score (nSPS) is 12.3. The van der Waals surface area contributed by atoms with Crippen LogP contribution in [-0.2, 0) is 9.59 Å². The monoisotopic (exact) mass is 230 g/mol. The summed E-state index contributed by atoms with van der Waals surface area (Å²) >= 11 is 0. The molecule has 6 heteroatoms. The van der Waals surface area contributed by atoms with Gasteiger partial charge in [-0.05, 0) is 13.0 Å². The second kappa shape index (κ2) is 8.06. The van der Waals surface area contributed by atoms with E-state index in [2.05, 4.69) is 10.7 Å².